The lowest BCUT2D eigenvalue weighted by atomic mass is 9.99. The summed E-state index contributed by atoms with van der Waals surface area (Å²) in [6.45, 7) is 15.0. The van der Waals surface area contributed by atoms with Crippen LogP contribution in [-0.4, -0.2) is 49.7 Å². The summed E-state index contributed by atoms with van der Waals surface area (Å²) in [5.41, 5.74) is 0.305. The quantitative estimate of drug-likeness (QED) is 0.542. The summed E-state index contributed by atoms with van der Waals surface area (Å²) >= 11 is 0. The van der Waals surface area contributed by atoms with E-state index in [-0.39, 0.29) is 11.4 Å². The van der Waals surface area contributed by atoms with Crippen molar-refractivity contribution in [1.82, 2.24) is 15.6 Å². The van der Waals surface area contributed by atoms with Gasteiger partial charge in [0.25, 0.3) is 0 Å². The maximum atomic E-state index is 11.8. The molecule has 0 bridgehead atoms. The predicted molar refractivity (Wildman–Crippen MR) is 124 cm³/mol. The molecular weight excluding hydrogens is 362 g/mol. The smallest absolute Gasteiger partial charge is 0.181 e. The van der Waals surface area contributed by atoms with Crippen LogP contribution >= 0.6 is 0 Å². The van der Waals surface area contributed by atoms with Crippen LogP contribution in [0.4, 0.5) is 0 Å². The molecule has 0 aromatic carbocycles. The molecule has 0 spiro atoms. The Hall–Kier alpha value is -1.30. The molecule has 0 atom stereocenters. The number of carbonyl (C=O) groups is 1. The van der Waals surface area contributed by atoms with Crippen molar-refractivity contribution in [2.45, 2.75) is 78.7 Å². The molecule has 2 heterocycles. The summed E-state index contributed by atoms with van der Waals surface area (Å²) < 4.78 is 5.69. The number of rotatable bonds is 10. The maximum Gasteiger partial charge on any atom is 0.181 e. The van der Waals surface area contributed by atoms with Crippen LogP contribution in [0.3, 0.4) is 0 Å². The van der Waals surface area contributed by atoms with Crippen LogP contribution in [0.1, 0.15) is 83.6 Å². The highest BCUT2D eigenvalue weighted by Crippen LogP contribution is 2.18. The Balaban J connectivity index is 0.000000531. The first kappa shape index (κ1) is 27.7. The highest BCUT2D eigenvalue weighted by molar-refractivity contribution is 5.94. The average Bonchev–Trinajstić information content (AvgIpc) is 3.30. The number of pyridine rings is 1. The van der Waals surface area contributed by atoms with E-state index >= 15 is 0 Å². The van der Waals surface area contributed by atoms with Gasteiger partial charge in [0.2, 0.25) is 0 Å². The molecule has 0 amide bonds. The third kappa shape index (κ3) is 17.3. The van der Waals surface area contributed by atoms with E-state index in [0.717, 1.165) is 31.9 Å². The number of ether oxygens (including phenoxy) is 1. The summed E-state index contributed by atoms with van der Waals surface area (Å²) in [5.74, 6) is 0.922. The van der Waals surface area contributed by atoms with Crippen LogP contribution in [-0.2, 0) is 4.74 Å². The van der Waals surface area contributed by atoms with E-state index < -0.39 is 0 Å². The van der Waals surface area contributed by atoms with Crippen molar-refractivity contribution in [3.63, 3.8) is 0 Å². The third-order valence-electron chi connectivity index (χ3n) is 4.53. The molecule has 29 heavy (non-hydrogen) atoms. The number of hydrogen-bond donors (Lipinski definition) is 2. The van der Waals surface area contributed by atoms with Gasteiger partial charge in [-0.15, -0.1) is 0 Å². The third-order valence-corrected chi connectivity index (χ3v) is 4.53. The van der Waals surface area contributed by atoms with Gasteiger partial charge in [0.05, 0.1) is 5.60 Å². The Morgan fingerprint density at radius 3 is 2.38 bits per heavy atom. The number of hydrogen-bond acceptors (Lipinski definition) is 5. The Labute approximate surface area is 179 Å². The van der Waals surface area contributed by atoms with E-state index in [2.05, 4.69) is 36.4 Å². The van der Waals surface area contributed by atoms with Crippen LogP contribution in [0.5, 0.6) is 0 Å². The molecule has 1 aromatic rings. The highest BCUT2D eigenvalue weighted by atomic mass is 16.5. The van der Waals surface area contributed by atoms with Crippen molar-refractivity contribution in [3.8, 4) is 0 Å². The topological polar surface area (TPSA) is 63.2 Å². The summed E-state index contributed by atoms with van der Waals surface area (Å²) in [6, 6.07) is 5.40. The Kier molecular flexibility index (Phi) is 16.8. The SMILES string of the molecule is C1CCNC1.CCCOC(C)(C)CCC(=O)c1ccccn1.CNCCC(C)C. The number of nitrogens with one attached hydrogen (secondary N) is 2. The lowest BCUT2D eigenvalue weighted by molar-refractivity contribution is -0.0233. The van der Waals surface area contributed by atoms with Crippen LogP contribution in [0.25, 0.3) is 0 Å². The van der Waals surface area contributed by atoms with Gasteiger partial charge in [0.1, 0.15) is 5.69 Å². The number of aromatic nitrogens is 1. The number of Topliss-reactive ketones (excluding diaryl/α,β-unsaturated/α-hetero) is 1. The minimum Gasteiger partial charge on any atom is -0.376 e. The zero-order valence-electron chi connectivity index (χ0n) is 19.7. The number of ketones is 1. The van der Waals surface area contributed by atoms with Gasteiger partial charge < -0.3 is 15.4 Å². The molecule has 2 rings (SSSR count). The molecule has 1 saturated heterocycles. The van der Waals surface area contributed by atoms with E-state index in [0.29, 0.717) is 12.1 Å². The van der Waals surface area contributed by atoms with Crippen molar-refractivity contribution in [3.05, 3.63) is 30.1 Å². The van der Waals surface area contributed by atoms with Gasteiger partial charge in [-0.3, -0.25) is 9.78 Å². The predicted octanol–water partition coefficient (Wildman–Crippen LogP) is 4.87. The summed E-state index contributed by atoms with van der Waals surface area (Å²) in [6.07, 6.45) is 7.91. The monoisotopic (exact) mass is 407 g/mol. The van der Waals surface area contributed by atoms with Crippen LogP contribution < -0.4 is 10.6 Å². The Bertz CT molecular complexity index is 492. The van der Waals surface area contributed by atoms with Gasteiger partial charge in [0.15, 0.2) is 5.78 Å². The first-order valence-electron chi connectivity index (χ1n) is 11.3. The molecule has 2 N–H and O–H groups in total. The van der Waals surface area contributed by atoms with Gasteiger partial charge in [-0.2, -0.15) is 0 Å². The van der Waals surface area contributed by atoms with Crippen LogP contribution in [0.2, 0.25) is 0 Å². The molecule has 0 unspecified atom stereocenters. The standard InChI is InChI=1S/C14H21NO2.C6H15N.C4H9N/c1-4-11-17-14(2,3)9-8-13(16)12-7-5-6-10-15-12;1-6(2)4-5-7-3;1-2-4-5-3-1/h5-7,10H,4,8-9,11H2,1-3H3;6-7H,4-5H2,1-3H3;5H,1-4H2. The largest absolute Gasteiger partial charge is 0.376 e. The number of carbonyl (C=O) groups excluding carboxylic acids is 1. The van der Waals surface area contributed by atoms with Crippen molar-refractivity contribution in [2.75, 3.05) is 33.3 Å². The summed E-state index contributed by atoms with van der Waals surface area (Å²) in [7, 11) is 1.99. The summed E-state index contributed by atoms with van der Waals surface area (Å²) in [5, 5.41) is 6.32. The van der Waals surface area contributed by atoms with E-state index in [1.54, 1.807) is 12.3 Å². The first-order valence-corrected chi connectivity index (χ1v) is 11.3. The fourth-order valence-corrected chi connectivity index (χ4v) is 2.58. The second-order valence-corrected chi connectivity index (χ2v) is 8.49. The zero-order valence-corrected chi connectivity index (χ0v) is 19.7. The highest BCUT2D eigenvalue weighted by Gasteiger charge is 2.20. The van der Waals surface area contributed by atoms with Gasteiger partial charge in [-0.1, -0.05) is 26.8 Å². The van der Waals surface area contributed by atoms with Gasteiger partial charge in [0, 0.05) is 19.2 Å². The van der Waals surface area contributed by atoms with Crippen LogP contribution in [0.15, 0.2) is 24.4 Å². The first-order chi connectivity index (χ1) is 13.8. The molecule has 5 heteroatoms. The fourth-order valence-electron chi connectivity index (χ4n) is 2.58. The Morgan fingerprint density at radius 2 is 1.97 bits per heavy atom. The summed E-state index contributed by atoms with van der Waals surface area (Å²) in [4.78, 5) is 15.9. The van der Waals surface area contributed by atoms with Crippen molar-refractivity contribution in [2.24, 2.45) is 5.92 Å². The molecule has 0 aliphatic carbocycles. The molecule has 168 valence electrons. The van der Waals surface area contributed by atoms with E-state index in [9.17, 15) is 4.79 Å². The normalized spacial score (nSPS) is 13.3. The molecule has 1 aliphatic heterocycles. The lowest BCUT2D eigenvalue weighted by Gasteiger charge is -2.24. The second-order valence-electron chi connectivity index (χ2n) is 8.49. The second kappa shape index (κ2) is 17.5. The molecule has 1 aliphatic rings. The van der Waals surface area contributed by atoms with Gasteiger partial charge >= 0.3 is 0 Å². The van der Waals surface area contributed by atoms with E-state index in [1.807, 2.05) is 33.0 Å². The molecule has 1 fully saturated rings. The number of nitrogens with zero attached hydrogens (tertiary/aromatic N) is 1. The van der Waals surface area contributed by atoms with Crippen molar-refractivity contribution >= 4 is 5.78 Å². The molecular formula is C24H45N3O2. The van der Waals surface area contributed by atoms with Crippen molar-refractivity contribution < 1.29 is 9.53 Å². The lowest BCUT2D eigenvalue weighted by Crippen LogP contribution is -2.26. The average molecular weight is 408 g/mol. The van der Waals surface area contributed by atoms with Gasteiger partial charge in [-0.25, -0.2) is 0 Å². The minimum atomic E-state index is -0.236. The van der Waals surface area contributed by atoms with E-state index in [1.165, 1.54) is 32.4 Å². The zero-order chi connectivity index (χ0) is 22.0. The molecule has 1 aromatic heterocycles. The van der Waals surface area contributed by atoms with Gasteiger partial charge in [-0.05, 0) is 90.7 Å². The maximum absolute atomic E-state index is 11.8. The van der Waals surface area contributed by atoms with E-state index in [4.69, 9.17) is 4.74 Å². The van der Waals surface area contributed by atoms with Crippen molar-refractivity contribution in [1.29, 1.82) is 0 Å². The van der Waals surface area contributed by atoms with Crippen LogP contribution in [0, 0.1) is 5.92 Å². The Morgan fingerprint density at radius 1 is 1.28 bits per heavy atom. The minimum absolute atomic E-state index is 0.0822. The molecule has 0 saturated carbocycles. The molecule has 0 radical (unpaired) electrons. The fraction of sp³-hybridized carbons (Fsp3) is 0.750. The molecule has 5 nitrogen and oxygen atoms in total.